The number of halogens is 2. The molecule has 0 aliphatic heterocycles. The highest BCUT2D eigenvalue weighted by Crippen LogP contribution is 2.28. The summed E-state index contributed by atoms with van der Waals surface area (Å²) in [5.74, 6) is -0.283. The molecule has 0 unspecified atom stereocenters. The summed E-state index contributed by atoms with van der Waals surface area (Å²) >= 11 is 7.55. The molecule has 0 atom stereocenters. The number of hydrogen-bond donors (Lipinski definition) is 0. The molecule has 0 aliphatic rings. The molecule has 0 saturated carbocycles. The van der Waals surface area contributed by atoms with Crippen LogP contribution in [0.4, 0.5) is 10.1 Å². The molecule has 0 aliphatic carbocycles. The molecule has 0 amide bonds. The Kier molecular flexibility index (Phi) is 5.11. The third kappa shape index (κ3) is 4.68. The van der Waals surface area contributed by atoms with Gasteiger partial charge in [0, 0.05) is 21.0 Å². The van der Waals surface area contributed by atoms with Crippen LogP contribution in [-0.4, -0.2) is 6.21 Å². The summed E-state index contributed by atoms with van der Waals surface area (Å²) in [7, 11) is 0. The van der Waals surface area contributed by atoms with Gasteiger partial charge in [-0.3, -0.25) is 4.99 Å². The highest BCUT2D eigenvalue weighted by atomic mass is 35.5. The van der Waals surface area contributed by atoms with E-state index in [9.17, 15) is 4.39 Å². The average molecular weight is 342 g/mol. The normalized spacial score (nSPS) is 11.0. The molecule has 3 rings (SSSR count). The lowest BCUT2D eigenvalue weighted by atomic mass is 10.2. The van der Waals surface area contributed by atoms with E-state index in [4.69, 9.17) is 11.6 Å². The molecule has 0 radical (unpaired) electrons. The quantitative estimate of drug-likeness (QED) is 0.501. The first-order chi connectivity index (χ1) is 11.2. The number of aliphatic imine (C=N–C) groups is 1. The van der Waals surface area contributed by atoms with Gasteiger partial charge in [-0.2, -0.15) is 0 Å². The predicted octanol–water partition coefficient (Wildman–Crippen LogP) is 6.38. The van der Waals surface area contributed by atoms with E-state index in [0.717, 1.165) is 20.4 Å². The van der Waals surface area contributed by atoms with Gasteiger partial charge in [0.15, 0.2) is 0 Å². The van der Waals surface area contributed by atoms with Crippen molar-refractivity contribution in [3.63, 3.8) is 0 Å². The van der Waals surface area contributed by atoms with Crippen molar-refractivity contribution in [3.05, 3.63) is 89.2 Å². The molecule has 3 aromatic carbocycles. The molecule has 0 aromatic heterocycles. The zero-order valence-corrected chi connectivity index (χ0v) is 13.7. The van der Waals surface area contributed by atoms with Crippen LogP contribution in [-0.2, 0) is 0 Å². The topological polar surface area (TPSA) is 12.4 Å². The van der Waals surface area contributed by atoms with Crippen molar-refractivity contribution in [1.29, 1.82) is 0 Å². The summed E-state index contributed by atoms with van der Waals surface area (Å²) in [5, 5.41) is 0.734. The lowest BCUT2D eigenvalue weighted by molar-refractivity contribution is 0.628. The molecule has 0 spiro atoms. The van der Waals surface area contributed by atoms with E-state index < -0.39 is 0 Å². The van der Waals surface area contributed by atoms with Gasteiger partial charge < -0.3 is 0 Å². The monoisotopic (exact) mass is 341 g/mol. The van der Waals surface area contributed by atoms with Gasteiger partial charge in [-0.05, 0) is 60.2 Å². The summed E-state index contributed by atoms with van der Waals surface area (Å²) in [6, 6.07) is 22.0. The van der Waals surface area contributed by atoms with Gasteiger partial charge in [-0.15, -0.1) is 0 Å². The van der Waals surface area contributed by atoms with Gasteiger partial charge >= 0.3 is 0 Å². The minimum absolute atomic E-state index is 0.283. The Labute approximate surface area is 143 Å². The Bertz CT molecular complexity index is 814. The number of rotatable bonds is 4. The maximum absolute atomic E-state index is 13.1. The van der Waals surface area contributed by atoms with Crippen molar-refractivity contribution in [2.45, 2.75) is 9.79 Å². The van der Waals surface area contributed by atoms with Gasteiger partial charge in [0.25, 0.3) is 0 Å². The van der Waals surface area contributed by atoms with Gasteiger partial charge in [0.05, 0.1) is 5.69 Å². The van der Waals surface area contributed by atoms with Crippen molar-refractivity contribution in [1.82, 2.24) is 0 Å². The molecule has 0 heterocycles. The van der Waals surface area contributed by atoms with Crippen LogP contribution in [0.1, 0.15) is 5.56 Å². The van der Waals surface area contributed by atoms with E-state index in [0.29, 0.717) is 5.69 Å². The van der Waals surface area contributed by atoms with Gasteiger partial charge in [-0.25, -0.2) is 4.39 Å². The van der Waals surface area contributed by atoms with Crippen molar-refractivity contribution in [3.8, 4) is 0 Å². The van der Waals surface area contributed by atoms with Crippen LogP contribution >= 0.6 is 23.4 Å². The van der Waals surface area contributed by atoms with Crippen LogP contribution in [0.3, 0.4) is 0 Å². The van der Waals surface area contributed by atoms with E-state index in [1.807, 2.05) is 48.5 Å². The van der Waals surface area contributed by atoms with Crippen LogP contribution in [0, 0.1) is 5.82 Å². The zero-order valence-electron chi connectivity index (χ0n) is 12.1. The number of nitrogens with zero attached hydrogens (tertiary/aromatic N) is 1. The Morgan fingerprint density at radius 2 is 1.52 bits per heavy atom. The summed E-state index contributed by atoms with van der Waals surface area (Å²) < 4.78 is 13.1. The molecule has 3 aromatic rings. The molecular formula is C19H13ClFNS. The Morgan fingerprint density at radius 3 is 2.17 bits per heavy atom. The first kappa shape index (κ1) is 15.8. The van der Waals surface area contributed by atoms with E-state index in [2.05, 4.69) is 4.99 Å². The largest absolute Gasteiger partial charge is 0.256 e. The molecule has 114 valence electrons. The Morgan fingerprint density at radius 1 is 0.870 bits per heavy atom. The van der Waals surface area contributed by atoms with Crippen LogP contribution in [0.2, 0.25) is 5.02 Å². The number of benzene rings is 3. The first-order valence-electron chi connectivity index (χ1n) is 7.02. The molecule has 0 bridgehead atoms. The molecule has 23 heavy (non-hydrogen) atoms. The first-order valence-corrected chi connectivity index (χ1v) is 8.22. The fourth-order valence-electron chi connectivity index (χ4n) is 1.97. The molecule has 0 fully saturated rings. The molecule has 1 nitrogen and oxygen atoms in total. The summed E-state index contributed by atoms with van der Waals surface area (Å²) in [5.41, 5.74) is 1.57. The van der Waals surface area contributed by atoms with Crippen LogP contribution in [0.5, 0.6) is 0 Å². The fourth-order valence-corrected chi connectivity index (χ4v) is 2.91. The van der Waals surface area contributed by atoms with Gasteiger partial charge in [-0.1, -0.05) is 41.6 Å². The molecule has 0 saturated heterocycles. The summed E-state index contributed by atoms with van der Waals surface area (Å²) in [6.07, 6.45) is 1.73. The zero-order chi connectivity index (χ0) is 16.1. The van der Waals surface area contributed by atoms with E-state index in [1.54, 1.807) is 30.1 Å². The van der Waals surface area contributed by atoms with Gasteiger partial charge in [0.1, 0.15) is 5.82 Å². The SMILES string of the molecule is Fc1cccc(N=Cc2ccc(Sc3ccc(Cl)cc3)cc2)c1. The molecule has 0 N–H and O–H groups in total. The van der Waals surface area contributed by atoms with Crippen molar-refractivity contribution in [2.24, 2.45) is 4.99 Å². The Hall–Kier alpha value is -2.10. The standard InChI is InChI=1S/C19H13ClFNS/c20-15-6-10-19(11-7-15)23-18-8-4-14(5-9-18)13-22-17-3-1-2-16(21)12-17/h1-13H. The van der Waals surface area contributed by atoms with Crippen LogP contribution in [0.15, 0.2) is 87.6 Å². The second-order valence-corrected chi connectivity index (χ2v) is 6.45. The molecule has 4 heteroatoms. The maximum Gasteiger partial charge on any atom is 0.125 e. The van der Waals surface area contributed by atoms with E-state index in [1.165, 1.54) is 12.1 Å². The summed E-state index contributed by atoms with van der Waals surface area (Å²) in [6.45, 7) is 0. The van der Waals surface area contributed by atoms with E-state index >= 15 is 0 Å². The lowest BCUT2D eigenvalue weighted by Gasteiger charge is -2.02. The second kappa shape index (κ2) is 7.44. The second-order valence-electron chi connectivity index (χ2n) is 4.86. The molecular weight excluding hydrogens is 329 g/mol. The van der Waals surface area contributed by atoms with Crippen molar-refractivity contribution in [2.75, 3.05) is 0 Å². The van der Waals surface area contributed by atoms with Gasteiger partial charge in [0.2, 0.25) is 0 Å². The maximum atomic E-state index is 13.1. The minimum Gasteiger partial charge on any atom is -0.256 e. The average Bonchev–Trinajstić information content (AvgIpc) is 2.56. The highest BCUT2D eigenvalue weighted by molar-refractivity contribution is 7.99. The minimum atomic E-state index is -0.283. The fraction of sp³-hybridized carbons (Fsp3) is 0. The van der Waals surface area contributed by atoms with Crippen LogP contribution < -0.4 is 0 Å². The Balaban J connectivity index is 1.68. The predicted molar refractivity (Wildman–Crippen MR) is 95.7 cm³/mol. The van der Waals surface area contributed by atoms with Crippen molar-refractivity contribution >= 4 is 35.3 Å². The van der Waals surface area contributed by atoms with Crippen molar-refractivity contribution < 1.29 is 4.39 Å². The number of hydrogen-bond acceptors (Lipinski definition) is 2. The van der Waals surface area contributed by atoms with Crippen LogP contribution in [0.25, 0.3) is 0 Å². The third-order valence-corrected chi connectivity index (χ3v) is 4.37. The highest BCUT2D eigenvalue weighted by Gasteiger charge is 1.98. The third-order valence-electron chi connectivity index (χ3n) is 3.10. The van der Waals surface area contributed by atoms with E-state index in [-0.39, 0.29) is 5.82 Å². The summed E-state index contributed by atoms with van der Waals surface area (Å²) in [4.78, 5) is 6.54. The lowest BCUT2D eigenvalue weighted by Crippen LogP contribution is -1.81. The smallest absolute Gasteiger partial charge is 0.125 e.